The van der Waals surface area contributed by atoms with Crippen LogP contribution >= 0.6 is 11.6 Å². The Morgan fingerprint density at radius 1 is 1.02 bits per heavy atom. The summed E-state index contributed by atoms with van der Waals surface area (Å²) in [7, 11) is 0. The van der Waals surface area contributed by atoms with E-state index in [2.05, 4.69) is 5.32 Å². The van der Waals surface area contributed by atoms with Gasteiger partial charge in [0.25, 0.3) is 5.91 Å². The number of rotatable bonds is 5. The Labute approximate surface area is 240 Å². The number of esters is 1. The first-order valence-corrected chi connectivity index (χ1v) is 13.1. The van der Waals surface area contributed by atoms with E-state index < -0.39 is 67.7 Å². The predicted molar refractivity (Wildman–Crippen MR) is 147 cm³/mol. The van der Waals surface area contributed by atoms with Gasteiger partial charge in [-0.05, 0) is 59.7 Å². The number of hydrazine groups is 1. The molecule has 1 saturated heterocycles. The summed E-state index contributed by atoms with van der Waals surface area (Å²) in [6.45, 7) is 9.74. The van der Waals surface area contributed by atoms with Gasteiger partial charge in [-0.3, -0.25) is 9.59 Å². The van der Waals surface area contributed by atoms with Crippen LogP contribution in [0, 0.1) is 23.4 Å². The van der Waals surface area contributed by atoms with Crippen molar-refractivity contribution in [3.8, 4) is 0 Å². The molecule has 2 amide bonds. The number of halogens is 4. The molecule has 1 aliphatic heterocycles. The standard InChI is InChI=1S/C27H33ClF3N5O5/c1-26(2,3)40-24(38)14-9-10-36(33,13-14)22-18(31)12-16(23(37)35(32)25(39)41-27(4,5)6)21(20(22)28)34-19-8-7-15(29)11-17(19)30/h7-8,11-12,14H,9-10,13,32-33H2,1-6H3/p+1/t14-,36?/m0/s1. The number of nitrogens with zero attached hydrogens (tertiary/aromatic N) is 2. The molecule has 2 aromatic carbocycles. The highest BCUT2D eigenvalue weighted by Gasteiger charge is 2.47. The Balaban J connectivity index is 2.11. The van der Waals surface area contributed by atoms with E-state index in [-0.39, 0.29) is 41.6 Å². The van der Waals surface area contributed by atoms with E-state index in [0.29, 0.717) is 6.07 Å². The summed E-state index contributed by atoms with van der Waals surface area (Å²) in [6, 6.07) is 3.31. The Kier molecular flexibility index (Phi) is 8.99. The molecule has 10 nitrogen and oxygen atoms in total. The van der Waals surface area contributed by atoms with E-state index in [1.807, 2.05) is 0 Å². The van der Waals surface area contributed by atoms with Crippen molar-refractivity contribution in [2.24, 2.45) is 17.6 Å². The number of anilines is 2. The van der Waals surface area contributed by atoms with E-state index in [1.165, 1.54) is 0 Å². The number of quaternary nitrogens is 1. The van der Waals surface area contributed by atoms with Gasteiger partial charge in [0.05, 0.1) is 16.9 Å². The van der Waals surface area contributed by atoms with Gasteiger partial charge in [-0.1, -0.05) is 11.6 Å². The van der Waals surface area contributed by atoms with Gasteiger partial charge in [0.15, 0.2) is 5.82 Å². The maximum absolute atomic E-state index is 15.8. The van der Waals surface area contributed by atoms with Gasteiger partial charge in [-0.2, -0.15) is 10.9 Å². The molecule has 5 N–H and O–H groups in total. The maximum Gasteiger partial charge on any atom is 0.432 e. The molecule has 0 spiro atoms. The quantitative estimate of drug-likeness (QED) is 0.138. The Bertz CT molecular complexity index is 1380. The van der Waals surface area contributed by atoms with Crippen molar-refractivity contribution < 1.29 is 37.0 Å². The van der Waals surface area contributed by atoms with Crippen LogP contribution in [-0.4, -0.2) is 47.3 Å². The predicted octanol–water partition coefficient (Wildman–Crippen LogP) is 5.29. The highest BCUT2D eigenvalue weighted by Crippen LogP contribution is 2.44. The van der Waals surface area contributed by atoms with Gasteiger partial charge in [-0.25, -0.2) is 28.4 Å². The minimum absolute atomic E-state index is 0.0686. The van der Waals surface area contributed by atoms with Gasteiger partial charge in [0, 0.05) is 12.5 Å². The zero-order chi connectivity index (χ0) is 31.1. The largest absolute Gasteiger partial charge is 0.460 e. The Morgan fingerprint density at radius 2 is 1.63 bits per heavy atom. The number of amides is 2. The SMILES string of the molecule is CC(C)(C)OC(=O)[C@H]1CC[N+](N)(c2c(F)cc(C(=O)N(N)C(=O)OC(C)(C)C)c(Nc3ccc(F)cc3F)c2Cl)C1. The number of ether oxygens (including phenoxy) is 2. The van der Waals surface area contributed by atoms with Gasteiger partial charge in [0.1, 0.15) is 46.9 Å². The summed E-state index contributed by atoms with van der Waals surface area (Å²) < 4.78 is 53.8. The van der Waals surface area contributed by atoms with Crippen LogP contribution in [0.3, 0.4) is 0 Å². The monoisotopic (exact) mass is 600 g/mol. The van der Waals surface area contributed by atoms with Crippen LogP contribution in [0.1, 0.15) is 58.3 Å². The van der Waals surface area contributed by atoms with E-state index in [0.717, 1.165) is 18.2 Å². The first kappa shape index (κ1) is 32.1. The highest BCUT2D eigenvalue weighted by atomic mass is 35.5. The average molecular weight is 601 g/mol. The number of imide groups is 1. The molecule has 2 aromatic rings. The third-order valence-electron chi connectivity index (χ3n) is 6.03. The molecule has 0 saturated carbocycles. The van der Waals surface area contributed by atoms with E-state index in [1.54, 1.807) is 41.5 Å². The Morgan fingerprint density at radius 3 is 2.20 bits per heavy atom. The zero-order valence-electron chi connectivity index (χ0n) is 23.6. The van der Waals surface area contributed by atoms with Crippen molar-refractivity contribution in [2.45, 2.75) is 59.2 Å². The van der Waals surface area contributed by atoms with Gasteiger partial charge < -0.3 is 14.8 Å². The number of hydrogen-bond acceptors (Lipinski definition) is 8. The molecule has 0 radical (unpaired) electrons. The van der Waals surface area contributed by atoms with Crippen molar-refractivity contribution in [1.82, 2.24) is 9.60 Å². The summed E-state index contributed by atoms with van der Waals surface area (Å²) >= 11 is 6.65. The molecule has 14 heteroatoms. The van der Waals surface area contributed by atoms with Gasteiger partial charge in [-0.15, -0.1) is 0 Å². The number of hydrogen-bond donors (Lipinski definition) is 3. The summed E-state index contributed by atoms with van der Waals surface area (Å²) in [4.78, 5) is 38.5. The van der Waals surface area contributed by atoms with Gasteiger partial charge in [0.2, 0.25) is 5.69 Å². The van der Waals surface area contributed by atoms with Crippen molar-refractivity contribution in [3.63, 3.8) is 0 Å². The topological polar surface area (TPSA) is 137 Å². The van der Waals surface area contributed by atoms with Crippen LogP contribution in [0.15, 0.2) is 24.3 Å². The lowest BCUT2D eigenvalue weighted by Gasteiger charge is -2.30. The lowest BCUT2D eigenvalue weighted by Crippen LogP contribution is -2.55. The summed E-state index contributed by atoms with van der Waals surface area (Å²) in [5.74, 6) is 6.84. The molecule has 0 aromatic heterocycles. The molecule has 41 heavy (non-hydrogen) atoms. The fourth-order valence-electron chi connectivity index (χ4n) is 4.30. The number of benzene rings is 2. The van der Waals surface area contributed by atoms with Crippen LogP contribution in [0.25, 0.3) is 0 Å². The summed E-state index contributed by atoms with van der Waals surface area (Å²) in [6.07, 6.45) is -1.00. The smallest absolute Gasteiger partial charge is 0.432 e. The van der Waals surface area contributed by atoms with Crippen molar-refractivity contribution in [1.29, 1.82) is 0 Å². The molecule has 224 valence electrons. The second-order valence-corrected chi connectivity index (χ2v) is 12.2. The van der Waals surface area contributed by atoms with Crippen LogP contribution < -0.4 is 21.6 Å². The molecule has 1 heterocycles. The van der Waals surface area contributed by atoms with Crippen LogP contribution in [0.4, 0.5) is 35.0 Å². The molecular weight excluding hydrogens is 567 g/mol. The first-order chi connectivity index (χ1) is 18.7. The molecule has 0 aliphatic carbocycles. The second-order valence-electron chi connectivity index (χ2n) is 11.8. The number of nitrogens with two attached hydrogens (primary N) is 2. The summed E-state index contributed by atoms with van der Waals surface area (Å²) in [5, 5.41) is 2.25. The first-order valence-electron chi connectivity index (χ1n) is 12.7. The number of carbonyl (C=O) groups excluding carboxylic acids is 3. The molecule has 3 rings (SSSR count). The lowest BCUT2D eigenvalue weighted by atomic mass is 10.1. The van der Waals surface area contributed by atoms with E-state index in [4.69, 9.17) is 32.8 Å². The highest BCUT2D eigenvalue weighted by molar-refractivity contribution is 6.37. The zero-order valence-corrected chi connectivity index (χ0v) is 24.4. The minimum Gasteiger partial charge on any atom is -0.460 e. The second kappa shape index (κ2) is 11.5. The molecule has 2 atom stereocenters. The normalized spacial score (nSPS) is 19.1. The van der Waals surface area contributed by atoms with Crippen molar-refractivity contribution in [3.05, 3.63) is 52.3 Å². The molecule has 1 fully saturated rings. The fraction of sp³-hybridized carbons (Fsp3) is 0.444. The fourth-order valence-corrected chi connectivity index (χ4v) is 4.71. The maximum atomic E-state index is 15.8. The van der Waals surface area contributed by atoms with E-state index in [9.17, 15) is 23.2 Å². The van der Waals surface area contributed by atoms with Crippen LogP contribution in [-0.2, 0) is 14.3 Å². The van der Waals surface area contributed by atoms with Crippen LogP contribution in [0.2, 0.25) is 5.02 Å². The molecular formula is C27H34ClF3N5O5+. The van der Waals surface area contributed by atoms with Crippen molar-refractivity contribution >= 4 is 46.6 Å². The van der Waals surface area contributed by atoms with Crippen molar-refractivity contribution in [2.75, 3.05) is 18.4 Å². The van der Waals surface area contributed by atoms with Crippen LogP contribution in [0.5, 0.6) is 0 Å². The lowest BCUT2D eigenvalue weighted by molar-refractivity contribution is -0.159. The third-order valence-corrected chi connectivity index (χ3v) is 6.40. The summed E-state index contributed by atoms with van der Waals surface area (Å²) in [5.41, 5.74) is -3.33. The Hall–Kier alpha value is -3.39. The molecule has 1 aliphatic rings. The third kappa shape index (κ3) is 7.47. The molecule has 1 unspecified atom stereocenters. The number of carbonyl (C=O) groups is 3. The average Bonchev–Trinajstić information content (AvgIpc) is 3.21. The molecule has 0 bridgehead atoms. The minimum atomic E-state index is -1.25. The number of nitrogens with one attached hydrogen (secondary N) is 1. The van der Waals surface area contributed by atoms with E-state index >= 15 is 4.39 Å². The van der Waals surface area contributed by atoms with Gasteiger partial charge >= 0.3 is 12.1 Å².